The molecule has 0 heterocycles. The highest BCUT2D eigenvalue weighted by Crippen LogP contribution is 2.41. The minimum absolute atomic E-state index is 0.0389. The van der Waals surface area contributed by atoms with Gasteiger partial charge in [-0.15, -0.1) is 0 Å². The van der Waals surface area contributed by atoms with Crippen molar-refractivity contribution in [2.45, 2.75) is 6.92 Å². The molecular weight excluding hydrogens is 254 g/mol. The fourth-order valence-electron chi connectivity index (χ4n) is 1.84. The number of methoxy groups -OCH3 is 1. The molecule has 0 saturated carbocycles. The zero-order valence-corrected chi connectivity index (χ0v) is 10.7. The molecule has 18 heavy (non-hydrogen) atoms. The van der Waals surface area contributed by atoms with E-state index in [9.17, 15) is 9.90 Å². The van der Waals surface area contributed by atoms with Crippen molar-refractivity contribution in [1.29, 1.82) is 0 Å². The Bertz CT molecular complexity index is 625. The Morgan fingerprint density at radius 3 is 2.67 bits per heavy atom. The van der Waals surface area contributed by atoms with E-state index in [1.807, 2.05) is 0 Å². The molecule has 0 aliphatic carbocycles. The van der Waals surface area contributed by atoms with Crippen LogP contribution in [0.1, 0.15) is 6.92 Å². The van der Waals surface area contributed by atoms with Crippen molar-refractivity contribution in [3.05, 3.63) is 29.3 Å². The number of carbonyl (C=O) groups excluding carboxylic acids is 1. The summed E-state index contributed by atoms with van der Waals surface area (Å²) >= 11 is 6.07. The molecule has 0 spiro atoms. The summed E-state index contributed by atoms with van der Waals surface area (Å²) in [7, 11) is 1.49. The van der Waals surface area contributed by atoms with E-state index >= 15 is 0 Å². The first-order valence-corrected chi connectivity index (χ1v) is 5.68. The average Bonchev–Trinajstić information content (AvgIpc) is 2.33. The summed E-state index contributed by atoms with van der Waals surface area (Å²) < 4.78 is 5.18. The Kier molecular flexibility index (Phi) is 3.30. The predicted octanol–water partition coefficient (Wildman–Crippen LogP) is 3.17. The molecule has 0 atom stereocenters. The van der Waals surface area contributed by atoms with Crippen molar-refractivity contribution in [3.8, 4) is 11.5 Å². The summed E-state index contributed by atoms with van der Waals surface area (Å²) in [6.07, 6.45) is 0. The minimum atomic E-state index is -0.250. The second kappa shape index (κ2) is 4.74. The predicted molar refractivity (Wildman–Crippen MR) is 71.5 cm³/mol. The van der Waals surface area contributed by atoms with E-state index < -0.39 is 0 Å². The van der Waals surface area contributed by atoms with Crippen molar-refractivity contribution in [3.63, 3.8) is 0 Å². The van der Waals surface area contributed by atoms with Gasteiger partial charge in [-0.05, 0) is 24.3 Å². The zero-order chi connectivity index (χ0) is 13.3. The first-order valence-electron chi connectivity index (χ1n) is 5.30. The Hall–Kier alpha value is -1.94. The van der Waals surface area contributed by atoms with Crippen LogP contribution < -0.4 is 10.1 Å². The van der Waals surface area contributed by atoms with Crippen LogP contribution in [0.25, 0.3) is 10.8 Å². The topological polar surface area (TPSA) is 58.6 Å². The number of fused-ring (bicyclic) bond motifs is 1. The van der Waals surface area contributed by atoms with Gasteiger partial charge in [-0.2, -0.15) is 0 Å². The molecule has 0 unspecified atom stereocenters. The Balaban J connectivity index is 2.83. The van der Waals surface area contributed by atoms with E-state index in [0.717, 1.165) is 0 Å². The van der Waals surface area contributed by atoms with Crippen LogP contribution in [0.2, 0.25) is 5.02 Å². The second-order valence-electron chi connectivity index (χ2n) is 3.81. The Labute approximate surface area is 109 Å². The number of hydrogen-bond acceptors (Lipinski definition) is 3. The summed E-state index contributed by atoms with van der Waals surface area (Å²) in [6.45, 7) is 1.39. The van der Waals surface area contributed by atoms with Gasteiger partial charge < -0.3 is 15.2 Å². The highest BCUT2D eigenvalue weighted by atomic mass is 35.5. The van der Waals surface area contributed by atoms with E-state index in [2.05, 4.69) is 5.32 Å². The van der Waals surface area contributed by atoms with Gasteiger partial charge in [-0.3, -0.25) is 4.79 Å². The Morgan fingerprint density at radius 2 is 2.06 bits per heavy atom. The molecule has 94 valence electrons. The third-order valence-electron chi connectivity index (χ3n) is 2.59. The van der Waals surface area contributed by atoms with Gasteiger partial charge in [0.1, 0.15) is 11.5 Å². The maximum Gasteiger partial charge on any atom is 0.221 e. The van der Waals surface area contributed by atoms with Gasteiger partial charge in [-0.1, -0.05) is 11.6 Å². The van der Waals surface area contributed by atoms with Crippen LogP contribution in [0.5, 0.6) is 11.5 Å². The third-order valence-corrected chi connectivity index (χ3v) is 2.92. The van der Waals surface area contributed by atoms with Crippen LogP contribution in [0.3, 0.4) is 0 Å². The first kappa shape index (κ1) is 12.5. The number of benzene rings is 2. The standard InChI is InChI=1S/C13H12ClNO3/c1-7(16)15-13-11(18-2)6-3-8-9(14)4-5-10(17)12(8)13/h3-6,17H,1-2H3,(H,15,16). The molecule has 2 aromatic rings. The van der Waals surface area contributed by atoms with E-state index in [4.69, 9.17) is 16.3 Å². The van der Waals surface area contributed by atoms with Crippen molar-refractivity contribution < 1.29 is 14.6 Å². The van der Waals surface area contributed by atoms with Gasteiger partial charge in [0.05, 0.1) is 18.2 Å². The lowest BCUT2D eigenvalue weighted by Crippen LogP contribution is -2.07. The van der Waals surface area contributed by atoms with Crippen molar-refractivity contribution in [2.24, 2.45) is 0 Å². The molecule has 5 heteroatoms. The van der Waals surface area contributed by atoms with E-state index in [1.54, 1.807) is 18.2 Å². The highest BCUT2D eigenvalue weighted by molar-refractivity contribution is 6.36. The molecule has 0 aliphatic heterocycles. The monoisotopic (exact) mass is 265 g/mol. The van der Waals surface area contributed by atoms with E-state index in [0.29, 0.717) is 27.2 Å². The van der Waals surface area contributed by atoms with Gasteiger partial charge in [0.2, 0.25) is 5.91 Å². The first-order chi connectivity index (χ1) is 8.54. The molecule has 2 N–H and O–H groups in total. The summed E-state index contributed by atoms with van der Waals surface area (Å²) in [5, 5.41) is 14.2. The molecule has 0 saturated heterocycles. The summed E-state index contributed by atoms with van der Waals surface area (Å²) in [4.78, 5) is 11.2. The van der Waals surface area contributed by atoms with E-state index in [1.165, 1.54) is 20.1 Å². The van der Waals surface area contributed by atoms with Crippen LogP contribution in [0, 0.1) is 0 Å². The lowest BCUT2D eigenvalue weighted by molar-refractivity contribution is -0.114. The minimum Gasteiger partial charge on any atom is -0.507 e. The average molecular weight is 266 g/mol. The maximum atomic E-state index is 11.2. The smallest absolute Gasteiger partial charge is 0.221 e. The fourth-order valence-corrected chi connectivity index (χ4v) is 2.06. The molecule has 2 rings (SSSR count). The number of hydrogen-bond donors (Lipinski definition) is 2. The van der Waals surface area contributed by atoms with Crippen LogP contribution in [-0.4, -0.2) is 18.1 Å². The lowest BCUT2D eigenvalue weighted by atomic mass is 10.1. The number of nitrogens with one attached hydrogen (secondary N) is 1. The number of phenolic OH excluding ortho intramolecular Hbond substituents is 1. The second-order valence-corrected chi connectivity index (χ2v) is 4.22. The van der Waals surface area contributed by atoms with Crippen molar-refractivity contribution in [1.82, 2.24) is 0 Å². The van der Waals surface area contributed by atoms with Gasteiger partial charge in [0, 0.05) is 17.3 Å². The SMILES string of the molecule is COc1ccc2c(Cl)ccc(O)c2c1NC(C)=O. The third kappa shape index (κ3) is 2.07. The summed E-state index contributed by atoms with van der Waals surface area (Å²) in [5.74, 6) is 0.257. The van der Waals surface area contributed by atoms with Crippen LogP contribution in [0.4, 0.5) is 5.69 Å². The zero-order valence-electron chi connectivity index (χ0n) is 9.95. The summed E-state index contributed by atoms with van der Waals surface area (Å²) in [6, 6.07) is 6.51. The molecule has 0 aromatic heterocycles. The van der Waals surface area contributed by atoms with E-state index in [-0.39, 0.29) is 11.7 Å². The molecule has 0 aliphatic rings. The normalized spacial score (nSPS) is 10.4. The fraction of sp³-hybridized carbons (Fsp3) is 0.154. The van der Waals surface area contributed by atoms with Gasteiger partial charge in [-0.25, -0.2) is 0 Å². The number of ether oxygens (including phenoxy) is 1. The number of amides is 1. The number of rotatable bonds is 2. The van der Waals surface area contributed by atoms with Gasteiger partial charge in [0.25, 0.3) is 0 Å². The molecular formula is C13H12ClNO3. The molecule has 2 aromatic carbocycles. The molecule has 1 amide bonds. The highest BCUT2D eigenvalue weighted by Gasteiger charge is 2.14. The molecule has 0 bridgehead atoms. The van der Waals surface area contributed by atoms with Crippen LogP contribution in [-0.2, 0) is 4.79 Å². The maximum absolute atomic E-state index is 11.2. The number of halogens is 1. The summed E-state index contributed by atoms with van der Waals surface area (Å²) in [5.41, 5.74) is 0.419. The number of anilines is 1. The lowest BCUT2D eigenvalue weighted by Gasteiger charge is -2.14. The molecule has 0 fully saturated rings. The quantitative estimate of drug-likeness (QED) is 0.877. The van der Waals surface area contributed by atoms with Gasteiger partial charge >= 0.3 is 0 Å². The molecule has 0 radical (unpaired) electrons. The number of phenols is 1. The Morgan fingerprint density at radius 1 is 1.33 bits per heavy atom. The van der Waals surface area contributed by atoms with Crippen molar-refractivity contribution >= 4 is 34.0 Å². The van der Waals surface area contributed by atoms with Crippen LogP contribution in [0.15, 0.2) is 24.3 Å². The van der Waals surface area contributed by atoms with Crippen molar-refractivity contribution in [2.75, 3.05) is 12.4 Å². The van der Waals surface area contributed by atoms with Crippen LogP contribution >= 0.6 is 11.6 Å². The number of aromatic hydroxyl groups is 1. The molecule has 4 nitrogen and oxygen atoms in total. The largest absolute Gasteiger partial charge is 0.507 e. The van der Waals surface area contributed by atoms with Gasteiger partial charge in [0.15, 0.2) is 0 Å². The number of carbonyl (C=O) groups is 1.